The second-order valence-electron chi connectivity index (χ2n) is 2.62. The van der Waals surface area contributed by atoms with Crippen LogP contribution in [-0.4, -0.2) is 22.4 Å². The molecule has 0 aliphatic heterocycles. The molecule has 0 unspecified atom stereocenters. The van der Waals surface area contributed by atoms with Crippen LogP contribution in [0.4, 0.5) is 0 Å². The standard InChI is InChI=1S/C7H16O2/c1-4-5(2)7(9)6(3)8/h5-9H,4H2,1-3H3/t5-,6-,7+/m0/s1. The highest BCUT2D eigenvalue weighted by molar-refractivity contribution is 4.67. The Kier molecular flexibility index (Phi) is 3.82. The van der Waals surface area contributed by atoms with E-state index in [2.05, 4.69) is 0 Å². The lowest BCUT2D eigenvalue weighted by Crippen LogP contribution is -2.29. The van der Waals surface area contributed by atoms with Gasteiger partial charge in [0.15, 0.2) is 0 Å². The summed E-state index contributed by atoms with van der Waals surface area (Å²) < 4.78 is 0. The van der Waals surface area contributed by atoms with Gasteiger partial charge in [0, 0.05) is 0 Å². The largest absolute Gasteiger partial charge is 0.391 e. The van der Waals surface area contributed by atoms with Gasteiger partial charge < -0.3 is 10.2 Å². The molecule has 0 spiro atoms. The Bertz CT molecular complexity index is 71.3. The van der Waals surface area contributed by atoms with Crippen LogP contribution < -0.4 is 0 Å². The summed E-state index contributed by atoms with van der Waals surface area (Å²) in [6.45, 7) is 5.53. The van der Waals surface area contributed by atoms with E-state index in [1.54, 1.807) is 6.92 Å². The van der Waals surface area contributed by atoms with Crippen molar-refractivity contribution in [1.29, 1.82) is 0 Å². The Morgan fingerprint density at radius 3 is 1.78 bits per heavy atom. The van der Waals surface area contributed by atoms with Crippen LogP contribution in [0.5, 0.6) is 0 Å². The molecule has 2 N–H and O–H groups in total. The van der Waals surface area contributed by atoms with Crippen molar-refractivity contribution in [1.82, 2.24) is 0 Å². The molecule has 0 aromatic heterocycles. The molecule has 0 rings (SSSR count). The van der Waals surface area contributed by atoms with Crippen molar-refractivity contribution in [2.45, 2.75) is 39.4 Å². The van der Waals surface area contributed by atoms with Crippen LogP contribution in [0.25, 0.3) is 0 Å². The molecule has 0 fully saturated rings. The normalized spacial score (nSPS) is 21.0. The Labute approximate surface area is 56.5 Å². The van der Waals surface area contributed by atoms with Crippen LogP contribution in [0.15, 0.2) is 0 Å². The third-order valence-electron chi connectivity index (χ3n) is 1.72. The molecule has 3 atom stereocenters. The van der Waals surface area contributed by atoms with Gasteiger partial charge in [0.2, 0.25) is 0 Å². The number of hydrogen-bond acceptors (Lipinski definition) is 2. The molecule has 9 heavy (non-hydrogen) atoms. The fraction of sp³-hybridized carbons (Fsp3) is 1.00. The van der Waals surface area contributed by atoms with Gasteiger partial charge in [-0.25, -0.2) is 0 Å². The van der Waals surface area contributed by atoms with Gasteiger partial charge in [0.25, 0.3) is 0 Å². The summed E-state index contributed by atoms with van der Waals surface area (Å²) in [5.41, 5.74) is 0. The van der Waals surface area contributed by atoms with Gasteiger partial charge in [-0.05, 0) is 12.8 Å². The van der Waals surface area contributed by atoms with E-state index in [0.29, 0.717) is 0 Å². The van der Waals surface area contributed by atoms with Crippen LogP contribution in [0.3, 0.4) is 0 Å². The third kappa shape index (κ3) is 2.82. The zero-order valence-electron chi connectivity index (χ0n) is 6.33. The first-order valence-electron chi connectivity index (χ1n) is 3.45. The Hall–Kier alpha value is -0.0800. The molecule has 0 aromatic carbocycles. The van der Waals surface area contributed by atoms with Crippen molar-refractivity contribution in [3.63, 3.8) is 0 Å². The molecule has 2 heteroatoms. The van der Waals surface area contributed by atoms with Crippen molar-refractivity contribution >= 4 is 0 Å². The first-order chi connectivity index (χ1) is 4.09. The second kappa shape index (κ2) is 3.85. The molecule has 0 radical (unpaired) electrons. The summed E-state index contributed by atoms with van der Waals surface area (Å²) in [4.78, 5) is 0. The van der Waals surface area contributed by atoms with Gasteiger partial charge in [-0.2, -0.15) is 0 Å². The Morgan fingerprint density at radius 1 is 1.22 bits per heavy atom. The van der Waals surface area contributed by atoms with E-state index in [-0.39, 0.29) is 5.92 Å². The predicted octanol–water partition coefficient (Wildman–Crippen LogP) is 0.774. The average Bonchev–Trinajstić information content (AvgIpc) is 1.84. The minimum Gasteiger partial charge on any atom is -0.391 e. The molecule has 2 nitrogen and oxygen atoms in total. The summed E-state index contributed by atoms with van der Waals surface area (Å²) in [5.74, 6) is 0.199. The molecule has 0 heterocycles. The predicted molar refractivity (Wildman–Crippen MR) is 37.1 cm³/mol. The molecular weight excluding hydrogens is 116 g/mol. The van der Waals surface area contributed by atoms with Gasteiger partial charge in [-0.3, -0.25) is 0 Å². The molecular formula is C7H16O2. The van der Waals surface area contributed by atoms with Crippen LogP contribution in [0.2, 0.25) is 0 Å². The first-order valence-corrected chi connectivity index (χ1v) is 3.45. The third-order valence-corrected chi connectivity index (χ3v) is 1.72. The van der Waals surface area contributed by atoms with Crippen molar-refractivity contribution in [3.05, 3.63) is 0 Å². The maximum absolute atomic E-state index is 9.14. The lowest BCUT2D eigenvalue weighted by molar-refractivity contribution is -0.00307. The van der Waals surface area contributed by atoms with Gasteiger partial charge >= 0.3 is 0 Å². The number of aliphatic hydroxyl groups excluding tert-OH is 2. The molecule has 56 valence electrons. The monoisotopic (exact) mass is 132 g/mol. The fourth-order valence-electron chi connectivity index (χ4n) is 0.717. The molecule has 0 aromatic rings. The van der Waals surface area contributed by atoms with E-state index in [1.165, 1.54) is 0 Å². The maximum atomic E-state index is 9.14. The zero-order chi connectivity index (χ0) is 7.44. The van der Waals surface area contributed by atoms with Crippen molar-refractivity contribution in [2.24, 2.45) is 5.92 Å². The first kappa shape index (κ1) is 8.92. The molecule has 0 saturated carbocycles. The number of aliphatic hydroxyl groups is 2. The highest BCUT2D eigenvalue weighted by Gasteiger charge is 2.16. The maximum Gasteiger partial charge on any atom is 0.0821 e. The minimum atomic E-state index is -0.597. The van der Waals surface area contributed by atoms with E-state index in [1.807, 2.05) is 13.8 Å². The minimum absolute atomic E-state index is 0.199. The summed E-state index contributed by atoms with van der Waals surface area (Å²) >= 11 is 0. The van der Waals surface area contributed by atoms with Crippen molar-refractivity contribution < 1.29 is 10.2 Å². The molecule has 0 amide bonds. The smallest absolute Gasteiger partial charge is 0.0821 e. The summed E-state index contributed by atoms with van der Waals surface area (Å²) in [5, 5.41) is 18.0. The highest BCUT2D eigenvalue weighted by Crippen LogP contribution is 2.09. The van der Waals surface area contributed by atoms with Gasteiger partial charge in [0.05, 0.1) is 12.2 Å². The summed E-state index contributed by atoms with van der Waals surface area (Å²) in [6, 6.07) is 0. The molecule has 0 saturated heterocycles. The number of rotatable bonds is 3. The topological polar surface area (TPSA) is 40.5 Å². The van der Waals surface area contributed by atoms with Crippen LogP contribution in [-0.2, 0) is 0 Å². The highest BCUT2D eigenvalue weighted by atomic mass is 16.3. The molecule has 0 aliphatic carbocycles. The lowest BCUT2D eigenvalue weighted by Gasteiger charge is -2.19. The quantitative estimate of drug-likeness (QED) is 0.595. The van der Waals surface area contributed by atoms with Gasteiger partial charge in [-0.15, -0.1) is 0 Å². The van der Waals surface area contributed by atoms with Crippen molar-refractivity contribution in [3.8, 4) is 0 Å². The van der Waals surface area contributed by atoms with E-state index < -0.39 is 12.2 Å². The van der Waals surface area contributed by atoms with Crippen LogP contribution in [0, 0.1) is 5.92 Å². The van der Waals surface area contributed by atoms with Gasteiger partial charge in [-0.1, -0.05) is 20.3 Å². The zero-order valence-corrected chi connectivity index (χ0v) is 6.33. The molecule has 0 bridgehead atoms. The average molecular weight is 132 g/mol. The van der Waals surface area contributed by atoms with E-state index in [4.69, 9.17) is 10.2 Å². The Balaban J connectivity index is 3.58. The van der Waals surface area contributed by atoms with E-state index in [9.17, 15) is 0 Å². The SMILES string of the molecule is CC[C@H](C)[C@@H](O)[C@H](C)O. The molecule has 0 aliphatic rings. The second-order valence-corrected chi connectivity index (χ2v) is 2.62. The van der Waals surface area contributed by atoms with Gasteiger partial charge in [0.1, 0.15) is 0 Å². The van der Waals surface area contributed by atoms with E-state index >= 15 is 0 Å². The van der Waals surface area contributed by atoms with Crippen molar-refractivity contribution in [2.75, 3.05) is 0 Å². The van der Waals surface area contributed by atoms with Crippen LogP contribution in [0.1, 0.15) is 27.2 Å². The Morgan fingerprint density at radius 2 is 1.67 bits per heavy atom. The number of hydrogen-bond donors (Lipinski definition) is 2. The lowest BCUT2D eigenvalue weighted by atomic mass is 9.98. The van der Waals surface area contributed by atoms with Crippen LogP contribution >= 0.6 is 0 Å². The summed E-state index contributed by atoms with van der Waals surface area (Å²) in [7, 11) is 0. The summed E-state index contributed by atoms with van der Waals surface area (Å²) in [6.07, 6.45) is -0.249. The fourth-order valence-corrected chi connectivity index (χ4v) is 0.717. The van der Waals surface area contributed by atoms with E-state index in [0.717, 1.165) is 6.42 Å².